The van der Waals surface area contributed by atoms with Crippen LogP contribution in [0.1, 0.15) is 35.8 Å². The lowest BCUT2D eigenvalue weighted by Crippen LogP contribution is -2.52. The lowest BCUT2D eigenvalue weighted by atomic mass is 10.0. The van der Waals surface area contributed by atoms with E-state index in [1.54, 1.807) is 4.90 Å². The number of aryl methyl sites for hydroxylation is 1. The van der Waals surface area contributed by atoms with Crippen LogP contribution in [0, 0.1) is 0 Å². The second-order valence-corrected chi connectivity index (χ2v) is 5.73. The largest absolute Gasteiger partial charge is 0.340 e. The third-order valence-electron chi connectivity index (χ3n) is 4.19. The smallest absolute Gasteiger partial charge is 0.255 e. The summed E-state index contributed by atoms with van der Waals surface area (Å²) >= 11 is 0. The molecule has 1 atom stereocenters. The van der Waals surface area contributed by atoms with Crippen molar-refractivity contribution in [1.29, 1.82) is 0 Å². The number of carbonyl (C=O) groups excluding carboxylic acids is 2. The minimum absolute atomic E-state index is 0.0734. The van der Waals surface area contributed by atoms with Gasteiger partial charge in [-0.2, -0.15) is 0 Å². The number of aromatic nitrogens is 2. The number of nitrogens with zero attached hydrogens (tertiary/aromatic N) is 3. The molecule has 0 saturated carbocycles. The Labute approximate surface area is 140 Å². The number of anilines is 1. The third-order valence-corrected chi connectivity index (χ3v) is 4.19. The molecular formula is C18H20N4O2. The molecule has 0 bridgehead atoms. The Morgan fingerprint density at radius 1 is 1.33 bits per heavy atom. The zero-order chi connectivity index (χ0) is 16.9. The summed E-state index contributed by atoms with van der Waals surface area (Å²) in [6, 6.07) is 9.01. The predicted octanol–water partition coefficient (Wildman–Crippen LogP) is 1.96. The normalized spacial score (nSPS) is 17.6. The highest BCUT2D eigenvalue weighted by molar-refractivity contribution is 6.03. The van der Waals surface area contributed by atoms with Crippen LogP contribution in [0.15, 0.2) is 42.9 Å². The van der Waals surface area contributed by atoms with Gasteiger partial charge in [0.25, 0.3) is 5.91 Å². The molecule has 1 aliphatic rings. The van der Waals surface area contributed by atoms with Crippen molar-refractivity contribution in [3.8, 4) is 0 Å². The quantitative estimate of drug-likeness (QED) is 0.933. The van der Waals surface area contributed by atoms with Gasteiger partial charge in [-0.05, 0) is 31.4 Å². The first-order valence-corrected chi connectivity index (χ1v) is 8.17. The van der Waals surface area contributed by atoms with Crippen LogP contribution in [0.3, 0.4) is 0 Å². The number of piperidine rings is 1. The van der Waals surface area contributed by atoms with E-state index in [1.807, 2.05) is 37.3 Å². The molecule has 2 amide bonds. The van der Waals surface area contributed by atoms with Gasteiger partial charge in [0, 0.05) is 18.4 Å². The lowest BCUT2D eigenvalue weighted by molar-refractivity contribution is -0.121. The second kappa shape index (κ2) is 7.21. The number of rotatable bonds is 4. The predicted molar refractivity (Wildman–Crippen MR) is 90.7 cm³/mol. The molecule has 2 heterocycles. The minimum atomic E-state index is -0.517. The molecule has 6 nitrogen and oxygen atoms in total. The van der Waals surface area contributed by atoms with Gasteiger partial charge in [-0.15, -0.1) is 0 Å². The fourth-order valence-electron chi connectivity index (χ4n) is 2.94. The monoisotopic (exact) mass is 324 g/mol. The number of para-hydroxylation sites is 1. The molecule has 3 rings (SSSR count). The van der Waals surface area contributed by atoms with Crippen molar-refractivity contribution < 1.29 is 9.59 Å². The zero-order valence-electron chi connectivity index (χ0n) is 13.6. The maximum absolute atomic E-state index is 12.7. The molecule has 1 N–H and O–H groups in total. The first kappa shape index (κ1) is 16.1. The second-order valence-electron chi connectivity index (χ2n) is 5.73. The van der Waals surface area contributed by atoms with Crippen molar-refractivity contribution in [2.45, 2.75) is 32.2 Å². The maximum Gasteiger partial charge on any atom is 0.255 e. The van der Waals surface area contributed by atoms with Gasteiger partial charge in [-0.1, -0.05) is 25.1 Å². The summed E-state index contributed by atoms with van der Waals surface area (Å²) < 4.78 is 0. The SMILES string of the molecule is CCc1ncncc1C(=O)N[C@H]1CCCN(c2ccccc2)C1=O. The highest BCUT2D eigenvalue weighted by Crippen LogP contribution is 2.21. The summed E-state index contributed by atoms with van der Waals surface area (Å²) in [5.41, 5.74) is 1.98. The Balaban J connectivity index is 1.75. The van der Waals surface area contributed by atoms with Crippen molar-refractivity contribution in [3.63, 3.8) is 0 Å². The molecule has 6 heteroatoms. The first-order chi connectivity index (χ1) is 11.7. The van der Waals surface area contributed by atoms with Crippen LogP contribution in [-0.2, 0) is 11.2 Å². The molecule has 0 spiro atoms. The summed E-state index contributed by atoms with van der Waals surface area (Å²) in [5.74, 6) is -0.364. The molecule has 1 saturated heterocycles. The molecule has 2 aromatic rings. The summed E-state index contributed by atoms with van der Waals surface area (Å²) in [7, 11) is 0. The van der Waals surface area contributed by atoms with E-state index in [0.717, 1.165) is 12.1 Å². The van der Waals surface area contributed by atoms with E-state index >= 15 is 0 Å². The topological polar surface area (TPSA) is 75.2 Å². The van der Waals surface area contributed by atoms with Crippen LogP contribution >= 0.6 is 0 Å². The minimum Gasteiger partial charge on any atom is -0.340 e. The molecule has 1 aromatic heterocycles. The summed E-state index contributed by atoms with van der Waals surface area (Å²) in [6.45, 7) is 2.60. The van der Waals surface area contributed by atoms with E-state index < -0.39 is 6.04 Å². The summed E-state index contributed by atoms with van der Waals surface area (Å²) in [5, 5.41) is 2.85. The molecule has 1 aliphatic heterocycles. The number of amides is 2. The Bertz CT molecular complexity index is 733. The van der Waals surface area contributed by atoms with Gasteiger partial charge in [0.2, 0.25) is 5.91 Å². The molecular weight excluding hydrogens is 304 g/mol. The van der Waals surface area contributed by atoms with Crippen molar-refractivity contribution in [3.05, 3.63) is 54.1 Å². The van der Waals surface area contributed by atoms with Gasteiger partial charge in [0.15, 0.2) is 0 Å². The Morgan fingerprint density at radius 2 is 2.12 bits per heavy atom. The van der Waals surface area contributed by atoms with Crippen LogP contribution in [0.4, 0.5) is 5.69 Å². The van der Waals surface area contributed by atoms with Gasteiger partial charge in [-0.25, -0.2) is 9.97 Å². The highest BCUT2D eigenvalue weighted by Gasteiger charge is 2.31. The van der Waals surface area contributed by atoms with E-state index in [-0.39, 0.29) is 11.8 Å². The molecule has 0 unspecified atom stereocenters. The summed E-state index contributed by atoms with van der Waals surface area (Å²) in [6.07, 6.45) is 5.06. The third kappa shape index (κ3) is 3.27. The number of carbonyl (C=O) groups is 2. The van der Waals surface area contributed by atoms with Crippen LogP contribution in [0.5, 0.6) is 0 Å². The lowest BCUT2D eigenvalue weighted by Gasteiger charge is -2.32. The molecule has 1 fully saturated rings. The van der Waals surface area contributed by atoms with E-state index in [1.165, 1.54) is 12.5 Å². The van der Waals surface area contributed by atoms with Gasteiger partial charge < -0.3 is 10.2 Å². The molecule has 1 aromatic carbocycles. The standard InChI is InChI=1S/C18H20N4O2/c1-2-15-14(11-19-12-20-15)17(23)21-16-9-6-10-22(18(16)24)13-7-4-3-5-8-13/h3-5,7-8,11-12,16H,2,6,9-10H2,1H3,(H,21,23)/t16-/m0/s1. The van der Waals surface area contributed by atoms with E-state index in [9.17, 15) is 9.59 Å². The van der Waals surface area contributed by atoms with Gasteiger partial charge >= 0.3 is 0 Å². The van der Waals surface area contributed by atoms with Crippen LogP contribution in [0.2, 0.25) is 0 Å². The Hall–Kier alpha value is -2.76. The fraction of sp³-hybridized carbons (Fsp3) is 0.333. The molecule has 124 valence electrons. The average Bonchev–Trinajstić information content (AvgIpc) is 2.64. The van der Waals surface area contributed by atoms with Crippen molar-refractivity contribution in [1.82, 2.24) is 15.3 Å². The van der Waals surface area contributed by atoms with Gasteiger partial charge in [-0.3, -0.25) is 9.59 Å². The number of benzene rings is 1. The first-order valence-electron chi connectivity index (χ1n) is 8.17. The van der Waals surface area contributed by atoms with Crippen LogP contribution in [-0.4, -0.2) is 34.4 Å². The summed E-state index contributed by atoms with van der Waals surface area (Å²) in [4.78, 5) is 35.0. The van der Waals surface area contributed by atoms with E-state index in [4.69, 9.17) is 0 Å². The van der Waals surface area contributed by atoms with E-state index in [0.29, 0.717) is 30.6 Å². The average molecular weight is 324 g/mol. The van der Waals surface area contributed by atoms with Crippen LogP contribution < -0.4 is 10.2 Å². The number of nitrogens with one attached hydrogen (secondary N) is 1. The number of hydrogen-bond donors (Lipinski definition) is 1. The Kier molecular flexibility index (Phi) is 4.84. The highest BCUT2D eigenvalue weighted by atomic mass is 16.2. The molecule has 24 heavy (non-hydrogen) atoms. The molecule has 0 radical (unpaired) electrons. The fourth-order valence-corrected chi connectivity index (χ4v) is 2.94. The van der Waals surface area contributed by atoms with Crippen molar-refractivity contribution in [2.24, 2.45) is 0 Å². The zero-order valence-corrected chi connectivity index (χ0v) is 13.6. The maximum atomic E-state index is 12.7. The van der Waals surface area contributed by atoms with E-state index in [2.05, 4.69) is 15.3 Å². The Morgan fingerprint density at radius 3 is 2.88 bits per heavy atom. The number of hydrogen-bond acceptors (Lipinski definition) is 4. The van der Waals surface area contributed by atoms with Gasteiger partial charge in [0.1, 0.15) is 12.4 Å². The van der Waals surface area contributed by atoms with Crippen molar-refractivity contribution >= 4 is 17.5 Å². The van der Waals surface area contributed by atoms with Crippen LogP contribution in [0.25, 0.3) is 0 Å². The van der Waals surface area contributed by atoms with Gasteiger partial charge in [0.05, 0.1) is 11.3 Å². The molecule has 0 aliphatic carbocycles. The van der Waals surface area contributed by atoms with Crippen molar-refractivity contribution in [2.75, 3.05) is 11.4 Å².